The summed E-state index contributed by atoms with van der Waals surface area (Å²) in [4.78, 5) is 24.4. The zero-order valence-corrected chi connectivity index (χ0v) is 12.5. The van der Waals surface area contributed by atoms with Crippen molar-refractivity contribution in [2.24, 2.45) is 0 Å². The van der Waals surface area contributed by atoms with Gasteiger partial charge in [0.15, 0.2) is 23.2 Å². The minimum atomic E-state index is -1.62. The Morgan fingerprint density at radius 3 is 2.40 bits per heavy atom. The van der Waals surface area contributed by atoms with Gasteiger partial charge in [-0.1, -0.05) is 12.1 Å². The molecule has 1 atom stereocenters. The zero-order chi connectivity index (χ0) is 17.7. The van der Waals surface area contributed by atoms with Crippen LogP contribution in [0.2, 0.25) is 0 Å². The Bertz CT molecular complexity index is 1060. The number of hydrogen-bond donors (Lipinski definition) is 0. The largest absolute Gasteiger partial charge is 0.425 e. The minimum absolute atomic E-state index is 0.00163. The van der Waals surface area contributed by atoms with Gasteiger partial charge in [-0.2, -0.15) is 0 Å². The van der Waals surface area contributed by atoms with Crippen LogP contribution in [0, 0.1) is 17.5 Å². The molecular formula is C18H9F3O4. The number of carbonyl (C=O) groups is 1. The van der Waals surface area contributed by atoms with Crippen LogP contribution in [0.3, 0.4) is 0 Å². The molecule has 7 heteroatoms. The second-order valence-corrected chi connectivity index (χ2v) is 5.66. The fourth-order valence-electron chi connectivity index (χ4n) is 3.03. The van der Waals surface area contributed by atoms with Gasteiger partial charge < -0.3 is 9.15 Å². The molecular weight excluding hydrogens is 337 g/mol. The first kappa shape index (κ1) is 15.4. The highest BCUT2D eigenvalue weighted by molar-refractivity contribution is 5.90. The molecule has 0 bridgehead atoms. The topological polar surface area (TPSA) is 56.5 Å². The first-order chi connectivity index (χ1) is 12.0. The standard InChI is InChI=1S/C18H9F3O4/c19-11-5-8(6-12(20)16(11)21)10-7-14(22)25-17-9-3-1-2-4-13(9)24-18(23)15(10)17/h1-6,10H,7H2. The fourth-order valence-corrected chi connectivity index (χ4v) is 3.03. The molecule has 4 rings (SSSR count). The van der Waals surface area contributed by atoms with Crippen molar-refractivity contribution in [1.82, 2.24) is 0 Å². The van der Waals surface area contributed by atoms with Gasteiger partial charge in [0.1, 0.15) is 5.58 Å². The van der Waals surface area contributed by atoms with Crippen molar-refractivity contribution in [2.45, 2.75) is 12.3 Å². The van der Waals surface area contributed by atoms with Crippen LogP contribution in [0.25, 0.3) is 11.0 Å². The Hall–Kier alpha value is -3.09. The maximum Gasteiger partial charge on any atom is 0.343 e. The number of benzene rings is 2. The average Bonchev–Trinajstić information content (AvgIpc) is 2.58. The lowest BCUT2D eigenvalue weighted by molar-refractivity contribution is -0.135. The van der Waals surface area contributed by atoms with Crippen molar-refractivity contribution in [2.75, 3.05) is 0 Å². The fraction of sp³-hybridized carbons (Fsp3) is 0.111. The van der Waals surface area contributed by atoms with E-state index in [4.69, 9.17) is 9.15 Å². The Labute approximate surface area is 138 Å². The Morgan fingerprint density at radius 2 is 1.68 bits per heavy atom. The number of esters is 1. The summed E-state index contributed by atoms with van der Waals surface area (Å²) < 4.78 is 50.8. The van der Waals surface area contributed by atoms with Gasteiger partial charge in [-0.15, -0.1) is 0 Å². The Kier molecular flexibility index (Phi) is 3.38. The second-order valence-electron chi connectivity index (χ2n) is 5.66. The van der Waals surface area contributed by atoms with E-state index in [0.717, 1.165) is 12.1 Å². The summed E-state index contributed by atoms with van der Waals surface area (Å²) >= 11 is 0. The highest BCUT2D eigenvalue weighted by Gasteiger charge is 2.34. The van der Waals surface area contributed by atoms with Crippen LogP contribution in [0.5, 0.6) is 5.75 Å². The van der Waals surface area contributed by atoms with Crippen molar-refractivity contribution in [1.29, 1.82) is 0 Å². The van der Waals surface area contributed by atoms with E-state index in [2.05, 4.69) is 0 Å². The zero-order valence-electron chi connectivity index (χ0n) is 12.5. The van der Waals surface area contributed by atoms with Crippen molar-refractivity contribution < 1.29 is 27.1 Å². The predicted octanol–water partition coefficient (Wildman–Crippen LogP) is 3.65. The average molecular weight is 346 g/mol. The molecule has 2 aromatic carbocycles. The van der Waals surface area contributed by atoms with E-state index in [1.807, 2.05) is 0 Å². The lowest BCUT2D eigenvalue weighted by atomic mass is 9.86. The lowest BCUT2D eigenvalue weighted by Gasteiger charge is -2.24. The van der Waals surface area contributed by atoms with Gasteiger partial charge in [0.05, 0.1) is 17.4 Å². The van der Waals surface area contributed by atoms with Crippen LogP contribution >= 0.6 is 0 Å². The summed E-state index contributed by atoms with van der Waals surface area (Å²) in [6.07, 6.45) is -0.319. The van der Waals surface area contributed by atoms with Crippen LogP contribution in [0.15, 0.2) is 45.6 Å². The molecule has 1 aliphatic rings. The molecule has 0 N–H and O–H groups in total. The predicted molar refractivity (Wildman–Crippen MR) is 80.9 cm³/mol. The maximum atomic E-state index is 13.6. The highest BCUT2D eigenvalue weighted by atomic mass is 19.2. The molecule has 1 unspecified atom stereocenters. The number of fused-ring (bicyclic) bond motifs is 3. The van der Waals surface area contributed by atoms with E-state index in [-0.39, 0.29) is 28.9 Å². The van der Waals surface area contributed by atoms with Gasteiger partial charge in [0.25, 0.3) is 0 Å². The normalized spacial score (nSPS) is 16.6. The smallest absolute Gasteiger partial charge is 0.343 e. The van der Waals surface area contributed by atoms with Gasteiger partial charge in [-0.3, -0.25) is 4.79 Å². The quantitative estimate of drug-likeness (QED) is 0.383. The summed E-state index contributed by atoms with van der Waals surface area (Å²) in [5.41, 5.74) is -0.631. The molecule has 0 saturated heterocycles. The van der Waals surface area contributed by atoms with Gasteiger partial charge >= 0.3 is 11.6 Å². The lowest BCUT2D eigenvalue weighted by Crippen LogP contribution is -2.27. The monoisotopic (exact) mass is 346 g/mol. The number of halogens is 3. The highest BCUT2D eigenvalue weighted by Crippen LogP contribution is 2.41. The van der Waals surface area contributed by atoms with Gasteiger partial charge in [-0.05, 0) is 29.8 Å². The van der Waals surface area contributed by atoms with Gasteiger partial charge in [0.2, 0.25) is 0 Å². The molecule has 25 heavy (non-hydrogen) atoms. The third-order valence-corrected chi connectivity index (χ3v) is 4.14. The van der Waals surface area contributed by atoms with E-state index in [0.29, 0.717) is 5.39 Å². The summed E-state index contributed by atoms with van der Waals surface area (Å²) in [5, 5.41) is 0.387. The molecule has 2 heterocycles. The van der Waals surface area contributed by atoms with Crippen LogP contribution in [0.4, 0.5) is 13.2 Å². The molecule has 0 radical (unpaired) electrons. The van der Waals surface area contributed by atoms with Crippen LogP contribution in [-0.4, -0.2) is 5.97 Å². The molecule has 1 aromatic heterocycles. The molecule has 126 valence electrons. The van der Waals surface area contributed by atoms with E-state index in [1.165, 1.54) is 6.07 Å². The van der Waals surface area contributed by atoms with Gasteiger partial charge in [0, 0.05) is 5.92 Å². The molecule has 0 spiro atoms. The maximum absolute atomic E-state index is 13.6. The SMILES string of the molecule is O=C1CC(c2cc(F)c(F)c(F)c2)c2c(c3ccccc3oc2=O)O1. The Morgan fingerprint density at radius 1 is 1.00 bits per heavy atom. The third kappa shape index (κ3) is 2.39. The second kappa shape index (κ2) is 5.47. The first-order valence-corrected chi connectivity index (χ1v) is 7.36. The number of para-hydroxylation sites is 1. The molecule has 3 aromatic rings. The van der Waals surface area contributed by atoms with E-state index in [9.17, 15) is 22.8 Å². The number of rotatable bonds is 1. The Balaban J connectivity index is 2.01. The first-order valence-electron chi connectivity index (χ1n) is 7.36. The van der Waals surface area contributed by atoms with E-state index < -0.39 is 35.0 Å². The molecule has 1 aliphatic heterocycles. The molecule has 0 amide bonds. The van der Waals surface area contributed by atoms with Crippen molar-refractivity contribution in [3.05, 3.63) is 75.4 Å². The third-order valence-electron chi connectivity index (χ3n) is 4.14. The van der Waals surface area contributed by atoms with Crippen LogP contribution < -0.4 is 10.4 Å². The number of carbonyl (C=O) groups excluding carboxylic acids is 1. The van der Waals surface area contributed by atoms with Gasteiger partial charge in [-0.25, -0.2) is 18.0 Å². The number of hydrogen-bond acceptors (Lipinski definition) is 4. The van der Waals surface area contributed by atoms with Crippen LogP contribution in [0.1, 0.15) is 23.5 Å². The summed E-state index contributed by atoms with van der Waals surface area (Å²) in [7, 11) is 0. The number of ether oxygens (including phenoxy) is 1. The van der Waals surface area contributed by atoms with Crippen molar-refractivity contribution in [3.63, 3.8) is 0 Å². The molecule has 0 fully saturated rings. The minimum Gasteiger partial charge on any atom is -0.425 e. The van der Waals surface area contributed by atoms with Crippen molar-refractivity contribution >= 4 is 16.9 Å². The summed E-state index contributed by atoms with van der Waals surface area (Å²) in [5.74, 6) is -6.09. The summed E-state index contributed by atoms with van der Waals surface area (Å²) in [6.45, 7) is 0. The van der Waals surface area contributed by atoms with E-state index in [1.54, 1.807) is 18.2 Å². The van der Waals surface area contributed by atoms with Crippen LogP contribution in [-0.2, 0) is 4.79 Å². The molecule has 0 aliphatic carbocycles. The van der Waals surface area contributed by atoms with E-state index >= 15 is 0 Å². The molecule has 4 nitrogen and oxygen atoms in total. The summed E-state index contributed by atoms with van der Waals surface area (Å²) in [6, 6.07) is 7.96. The van der Waals surface area contributed by atoms with Crippen molar-refractivity contribution in [3.8, 4) is 5.75 Å². The molecule has 0 saturated carbocycles.